The lowest BCUT2D eigenvalue weighted by atomic mass is 10.1. The SMILES string of the molecule is COc1ccc(C(=O)CN(C)CCCN(C)C)cc1Br. The van der Waals surface area contributed by atoms with Crippen LogP contribution < -0.4 is 4.74 Å². The maximum atomic E-state index is 12.2. The van der Waals surface area contributed by atoms with Crippen LogP contribution in [0.2, 0.25) is 0 Å². The third-order valence-corrected chi connectivity index (χ3v) is 3.65. The molecular formula is C15H23BrN2O2. The van der Waals surface area contributed by atoms with E-state index in [1.807, 2.05) is 19.2 Å². The molecule has 0 amide bonds. The molecule has 0 aliphatic carbocycles. The summed E-state index contributed by atoms with van der Waals surface area (Å²) in [7, 11) is 7.70. The Kier molecular flexibility index (Phi) is 7.19. The van der Waals surface area contributed by atoms with Crippen molar-refractivity contribution in [3.05, 3.63) is 28.2 Å². The minimum Gasteiger partial charge on any atom is -0.496 e. The third-order valence-electron chi connectivity index (χ3n) is 3.03. The van der Waals surface area contributed by atoms with Gasteiger partial charge in [0.05, 0.1) is 18.1 Å². The molecule has 0 fully saturated rings. The Morgan fingerprint density at radius 1 is 1.25 bits per heavy atom. The highest BCUT2D eigenvalue weighted by Crippen LogP contribution is 2.25. The van der Waals surface area contributed by atoms with Gasteiger partial charge in [-0.1, -0.05) is 0 Å². The largest absolute Gasteiger partial charge is 0.496 e. The summed E-state index contributed by atoms with van der Waals surface area (Å²) in [6.45, 7) is 2.39. The lowest BCUT2D eigenvalue weighted by Gasteiger charge is -2.17. The zero-order chi connectivity index (χ0) is 15.1. The number of hydrogen-bond donors (Lipinski definition) is 0. The van der Waals surface area contributed by atoms with Gasteiger partial charge in [0, 0.05) is 5.56 Å². The Balaban J connectivity index is 2.51. The molecule has 1 aromatic carbocycles. The smallest absolute Gasteiger partial charge is 0.176 e. The average Bonchev–Trinajstić information content (AvgIpc) is 2.38. The zero-order valence-corrected chi connectivity index (χ0v) is 14.2. The fourth-order valence-electron chi connectivity index (χ4n) is 1.91. The van der Waals surface area contributed by atoms with Gasteiger partial charge >= 0.3 is 0 Å². The first-order valence-electron chi connectivity index (χ1n) is 6.64. The van der Waals surface area contributed by atoms with E-state index >= 15 is 0 Å². The van der Waals surface area contributed by atoms with Gasteiger partial charge in [0.15, 0.2) is 5.78 Å². The van der Waals surface area contributed by atoms with Crippen LogP contribution in [0.1, 0.15) is 16.8 Å². The summed E-state index contributed by atoms with van der Waals surface area (Å²) in [5.74, 6) is 0.863. The molecule has 0 saturated heterocycles. The molecule has 0 heterocycles. The van der Waals surface area contributed by atoms with Crippen molar-refractivity contribution in [3.8, 4) is 5.75 Å². The summed E-state index contributed by atoms with van der Waals surface area (Å²) in [5.41, 5.74) is 0.706. The van der Waals surface area contributed by atoms with Gasteiger partial charge in [-0.2, -0.15) is 0 Å². The first-order chi connectivity index (χ1) is 9.43. The van der Waals surface area contributed by atoms with E-state index in [0.29, 0.717) is 12.1 Å². The van der Waals surface area contributed by atoms with Gasteiger partial charge in [0.1, 0.15) is 5.75 Å². The normalized spacial score (nSPS) is 11.2. The molecule has 0 aliphatic heterocycles. The summed E-state index contributed by atoms with van der Waals surface area (Å²) in [6.07, 6.45) is 1.06. The molecule has 5 heteroatoms. The van der Waals surface area contributed by atoms with Crippen LogP contribution in [0, 0.1) is 0 Å². The van der Waals surface area contributed by atoms with Crippen LogP contribution in [-0.2, 0) is 0 Å². The Morgan fingerprint density at radius 3 is 2.50 bits per heavy atom. The van der Waals surface area contributed by atoms with Gasteiger partial charge in [0.2, 0.25) is 0 Å². The van der Waals surface area contributed by atoms with Crippen LogP contribution in [-0.4, -0.2) is 63.5 Å². The van der Waals surface area contributed by atoms with Crippen molar-refractivity contribution in [1.82, 2.24) is 9.80 Å². The van der Waals surface area contributed by atoms with E-state index in [4.69, 9.17) is 4.74 Å². The Bertz CT molecular complexity index is 449. The van der Waals surface area contributed by atoms with Crippen molar-refractivity contribution in [2.24, 2.45) is 0 Å². The predicted octanol–water partition coefficient (Wildman–Crippen LogP) is 2.52. The molecule has 0 unspecified atom stereocenters. The molecule has 112 valence electrons. The second-order valence-electron chi connectivity index (χ2n) is 5.17. The molecule has 0 spiro atoms. The highest BCUT2D eigenvalue weighted by molar-refractivity contribution is 9.10. The van der Waals surface area contributed by atoms with Crippen LogP contribution >= 0.6 is 15.9 Å². The summed E-state index contributed by atoms with van der Waals surface area (Å²) >= 11 is 3.40. The number of likely N-dealkylation sites (N-methyl/N-ethyl adjacent to an activating group) is 1. The molecule has 0 bridgehead atoms. The first-order valence-corrected chi connectivity index (χ1v) is 7.43. The molecule has 0 radical (unpaired) electrons. The van der Waals surface area contributed by atoms with Crippen molar-refractivity contribution in [3.63, 3.8) is 0 Å². The molecule has 0 aliphatic rings. The van der Waals surface area contributed by atoms with Crippen molar-refractivity contribution in [2.75, 3.05) is 47.9 Å². The number of Topliss-reactive ketones (excluding diaryl/α,β-unsaturated/α-hetero) is 1. The monoisotopic (exact) mass is 342 g/mol. The molecule has 4 nitrogen and oxygen atoms in total. The van der Waals surface area contributed by atoms with E-state index in [-0.39, 0.29) is 5.78 Å². The molecule has 0 aromatic heterocycles. The summed E-state index contributed by atoms with van der Waals surface area (Å²) in [5, 5.41) is 0. The van der Waals surface area contributed by atoms with Crippen molar-refractivity contribution in [2.45, 2.75) is 6.42 Å². The lowest BCUT2D eigenvalue weighted by molar-refractivity contribution is 0.0944. The highest BCUT2D eigenvalue weighted by atomic mass is 79.9. The molecule has 0 atom stereocenters. The number of carbonyl (C=O) groups excluding carboxylic acids is 1. The van der Waals surface area contributed by atoms with Gasteiger partial charge in [-0.05, 0) is 74.8 Å². The quantitative estimate of drug-likeness (QED) is 0.679. The Morgan fingerprint density at radius 2 is 1.95 bits per heavy atom. The van der Waals surface area contributed by atoms with Gasteiger partial charge < -0.3 is 9.64 Å². The Labute approximate surface area is 129 Å². The molecule has 1 aromatic rings. The molecule has 0 N–H and O–H groups in total. The Hall–Kier alpha value is -0.910. The van der Waals surface area contributed by atoms with E-state index in [9.17, 15) is 4.79 Å². The van der Waals surface area contributed by atoms with Gasteiger partial charge in [-0.15, -0.1) is 0 Å². The van der Waals surface area contributed by atoms with E-state index < -0.39 is 0 Å². The van der Waals surface area contributed by atoms with E-state index in [1.165, 1.54) is 0 Å². The second kappa shape index (κ2) is 8.39. The molecule has 20 heavy (non-hydrogen) atoms. The third kappa shape index (κ3) is 5.61. The molecule has 1 rings (SSSR count). The summed E-state index contributed by atoms with van der Waals surface area (Å²) in [6, 6.07) is 5.43. The van der Waals surface area contributed by atoms with Crippen LogP contribution in [0.15, 0.2) is 22.7 Å². The van der Waals surface area contributed by atoms with Crippen molar-refractivity contribution >= 4 is 21.7 Å². The zero-order valence-electron chi connectivity index (χ0n) is 12.6. The molecule has 0 saturated carbocycles. The number of hydrogen-bond acceptors (Lipinski definition) is 4. The van der Waals surface area contributed by atoms with Crippen LogP contribution in [0.25, 0.3) is 0 Å². The lowest BCUT2D eigenvalue weighted by Crippen LogP contribution is -2.29. The fourth-order valence-corrected chi connectivity index (χ4v) is 2.45. The number of ketones is 1. The number of nitrogens with zero attached hydrogens (tertiary/aromatic N) is 2. The van der Waals surface area contributed by atoms with E-state index in [2.05, 4.69) is 39.8 Å². The van der Waals surface area contributed by atoms with Crippen LogP contribution in [0.4, 0.5) is 0 Å². The standard InChI is InChI=1S/C15H23BrN2O2/c1-17(2)8-5-9-18(3)11-14(19)12-6-7-15(20-4)13(16)10-12/h6-7,10H,5,8-9,11H2,1-4H3. The van der Waals surface area contributed by atoms with Crippen molar-refractivity contribution in [1.29, 1.82) is 0 Å². The van der Waals surface area contributed by atoms with E-state index in [1.54, 1.807) is 13.2 Å². The van der Waals surface area contributed by atoms with Gasteiger partial charge in [0.25, 0.3) is 0 Å². The van der Waals surface area contributed by atoms with Gasteiger partial charge in [-0.25, -0.2) is 0 Å². The average molecular weight is 343 g/mol. The topological polar surface area (TPSA) is 32.8 Å². The number of benzene rings is 1. The first kappa shape index (κ1) is 17.1. The number of carbonyl (C=O) groups is 1. The van der Waals surface area contributed by atoms with Crippen LogP contribution in [0.3, 0.4) is 0 Å². The number of halogens is 1. The number of rotatable bonds is 8. The van der Waals surface area contributed by atoms with E-state index in [0.717, 1.165) is 29.7 Å². The maximum absolute atomic E-state index is 12.2. The van der Waals surface area contributed by atoms with Gasteiger partial charge in [-0.3, -0.25) is 9.69 Å². The molecular weight excluding hydrogens is 320 g/mol. The van der Waals surface area contributed by atoms with Crippen molar-refractivity contribution < 1.29 is 9.53 Å². The second-order valence-corrected chi connectivity index (χ2v) is 6.02. The number of methoxy groups -OCH3 is 1. The minimum atomic E-state index is 0.126. The highest BCUT2D eigenvalue weighted by Gasteiger charge is 2.11. The van der Waals surface area contributed by atoms with Crippen LogP contribution in [0.5, 0.6) is 5.75 Å². The summed E-state index contributed by atoms with van der Waals surface area (Å²) in [4.78, 5) is 16.4. The maximum Gasteiger partial charge on any atom is 0.176 e. The number of ether oxygens (including phenoxy) is 1. The summed E-state index contributed by atoms with van der Waals surface area (Å²) < 4.78 is 5.97. The predicted molar refractivity (Wildman–Crippen MR) is 85.7 cm³/mol. The fraction of sp³-hybridized carbons (Fsp3) is 0.533. The minimum absolute atomic E-state index is 0.126.